The maximum atomic E-state index is 13.2. The molecule has 0 spiro atoms. The summed E-state index contributed by atoms with van der Waals surface area (Å²) in [6, 6.07) is 11.6. The van der Waals surface area contributed by atoms with Crippen LogP contribution >= 0.6 is 23.2 Å². The van der Waals surface area contributed by atoms with E-state index in [4.69, 9.17) is 33.7 Å². The van der Waals surface area contributed by atoms with Crippen molar-refractivity contribution in [2.45, 2.75) is 31.8 Å². The van der Waals surface area contributed by atoms with Gasteiger partial charge in [0, 0.05) is 37.0 Å². The highest BCUT2D eigenvalue weighted by molar-refractivity contribution is 6.18. The first-order valence-corrected chi connectivity index (χ1v) is 11.9. The second-order valence-electron chi connectivity index (χ2n) is 7.49. The van der Waals surface area contributed by atoms with Gasteiger partial charge in [-0.1, -0.05) is 24.3 Å². The van der Waals surface area contributed by atoms with Crippen molar-refractivity contribution >= 4 is 40.8 Å². The molecule has 0 saturated heterocycles. The average Bonchev–Trinajstić information content (AvgIpc) is 2.80. The number of halogens is 3. The fraction of sp³-hybridized carbons (Fsp3) is 0.417. The quantitative estimate of drug-likeness (QED) is 0.327. The van der Waals surface area contributed by atoms with Gasteiger partial charge in [-0.2, -0.15) is 0 Å². The second-order valence-corrected chi connectivity index (χ2v) is 8.25. The molecular weight excluding hydrogens is 468 g/mol. The minimum atomic E-state index is -0.928. The third-order valence-corrected chi connectivity index (χ3v) is 5.36. The Kier molecular flexibility index (Phi) is 11.4. The summed E-state index contributed by atoms with van der Waals surface area (Å²) in [7, 11) is 0. The van der Waals surface area contributed by atoms with E-state index in [1.165, 1.54) is 12.1 Å². The number of rotatable bonds is 13. The van der Waals surface area contributed by atoms with E-state index in [0.29, 0.717) is 30.4 Å². The summed E-state index contributed by atoms with van der Waals surface area (Å²) < 4.78 is 18.3. The molecule has 1 amide bonds. The Morgan fingerprint density at radius 2 is 1.73 bits per heavy atom. The highest BCUT2D eigenvalue weighted by Crippen LogP contribution is 2.18. The molecule has 2 aromatic rings. The van der Waals surface area contributed by atoms with Crippen molar-refractivity contribution in [3.63, 3.8) is 0 Å². The summed E-state index contributed by atoms with van der Waals surface area (Å²) in [5.41, 5.74) is 8.67. The number of benzene rings is 2. The van der Waals surface area contributed by atoms with Gasteiger partial charge in [-0.15, -0.1) is 23.2 Å². The van der Waals surface area contributed by atoms with Crippen LogP contribution in [0.25, 0.3) is 0 Å². The Hall–Kier alpha value is -2.35. The predicted molar refractivity (Wildman–Crippen MR) is 130 cm³/mol. The maximum absolute atomic E-state index is 13.2. The fourth-order valence-electron chi connectivity index (χ4n) is 3.37. The number of amides is 1. The van der Waals surface area contributed by atoms with E-state index in [0.717, 1.165) is 11.3 Å². The Balaban J connectivity index is 2.07. The molecule has 3 N–H and O–H groups in total. The molecule has 0 aliphatic carbocycles. The summed E-state index contributed by atoms with van der Waals surface area (Å²) in [6.45, 7) is 3.16. The molecule has 180 valence electrons. The number of hydrogen-bond acceptors (Lipinski definition) is 5. The number of anilines is 1. The highest BCUT2D eigenvalue weighted by atomic mass is 35.5. The maximum Gasteiger partial charge on any atom is 0.328 e. The van der Waals surface area contributed by atoms with E-state index in [1.807, 2.05) is 24.3 Å². The van der Waals surface area contributed by atoms with Gasteiger partial charge in [-0.3, -0.25) is 4.79 Å². The lowest BCUT2D eigenvalue weighted by atomic mass is 10.0. The van der Waals surface area contributed by atoms with Crippen LogP contribution in [0.4, 0.5) is 10.1 Å². The van der Waals surface area contributed by atoms with Crippen LogP contribution in [0.1, 0.15) is 18.1 Å². The van der Waals surface area contributed by atoms with Crippen LogP contribution in [0, 0.1) is 5.82 Å². The monoisotopic (exact) mass is 497 g/mol. The van der Waals surface area contributed by atoms with E-state index in [9.17, 15) is 14.0 Å². The van der Waals surface area contributed by atoms with Crippen molar-refractivity contribution < 1.29 is 18.7 Å². The largest absolute Gasteiger partial charge is 0.464 e. The molecule has 0 fully saturated rings. The Bertz CT molecular complexity index is 893. The third kappa shape index (κ3) is 8.84. The van der Waals surface area contributed by atoms with Crippen LogP contribution in [0.15, 0.2) is 48.5 Å². The van der Waals surface area contributed by atoms with Gasteiger partial charge >= 0.3 is 5.97 Å². The van der Waals surface area contributed by atoms with E-state index >= 15 is 0 Å². The van der Waals surface area contributed by atoms with Gasteiger partial charge in [-0.05, 0) is 48.7 Å². The van der Waals surface area contributed by atoms with E-state index in [2.05, 4.69) is 10.2 Å². The Morgan fingerprint density at radius 3 is 2.33 bits per heavy atom. The number of nitrogens with zero attached hydrogens (tertiary/aromatic N) is 1. The van der Waals surface area contributed by atoms with Crippen LogP contribution in [0.3, 0.4) is 0 Å². The zero-order valence-corrected chi connectivity index (χ0v) is 20.1. The Morgan fingerprint density at radius 1 is 1.06 bits per heavy atom. The van der Waals surface area contributed by atoms with E-state index in [-0.39, 0.29) is 25.3 Å². The molecule has 6 nitrogen and oxygen atoms in total. The van der Waals surface area contributed by atoms with Gasteiger partial charge in [0.1, 0.15) is 11.9 Å². The lowest BCUT2D eigenvalue weighted by Crippen LogP contribution is -2.50. The van der Waals surface area contributed by atoms with Crippen molar-refractivity contribution in [2.24, 2.45) is 5.73 Å². The van der Waals surface area contributed by atoms with Crippen molar-refractivity contribution in [1.29, 1.82) is 0 Å². The molecule has 33 heavy (non-hydrogen) atoms. The van der Waals surface area contributed by atoms with Gasteiger partial charge in [0.05, 0.1) is 12.6 Å². The summed E-state index contributed by atoms with van der Waals surface area (Å²) in [6.07, 6.45) is 0.445. The lowest BCUT2D eigenvalue weighted by molar-refractivity contribution is -0.147. The standard InChI is InChI=1S/C24H30Cl2FN3O3/c1-2-33-24(32)22(16-17-6-8-19(27)9-7-17)29-23(31)21(28)15-18-4-3-5-20(14-18)30(12-10-25)13-11-26/h3-9,14,21-22H,2,10-13,15-16,28H2,1H3,(H,29,31)/t21-,22+/m1/s1. The van der Waals surface area contributed by atoms with Crippen molar-refractivity contribution in [3.05, 3.63) is 65.5 Å². The molecule has 2 atom stereocenters. The zero-order chi connectivity index (χ0) is 24.2. The number of nitrogens with two attached hydrogens (primary N) is 1. The van der Waals surface area contributed by atoms with Gasteiger partial charge in [0.15, 0.2) is 0 Å². The molecule has 2 rings (SSSR count). The first-order chi connectivity index (χ1) is 15.9. The minimum absolute atomic E-state index is 0.166. The van der Waals surface area contributed by atoms with Crippen molar-refractivity contribution in [2.75, 3.05) is 36.4 Å². The van der Waals surface area contributed by atoms with Gasteiger partial charge < -0.3 is 20.7 Å². The van der Waals surface area contributed by atoms with E-state index < -0.39 is 24.0 Å². The van der Waals surface area contributed by atoms with Gasteiger partial charge in [0.2, 0.25) is 5.91 Å². The number of hydrogen-bond donors (Lipinski definition) is 2. The first kappa shape index (κ1) is 26.9. The first-order valence-electron chi connectivity index (χ1n) is 10.8. The molecule has 0 aromatic heterocycles. The van der Waals surface area contributed by atoms with Crippen LogP contribution in [-0.4, -0.2) is 55.4 Å². The summed E-state index contributed by atoms with van der Waals surface area (Å²) in [5.74, 6) is -0.491. The van der Waals surface area contributed by atoms with Crippen molar-refractivity contribution in [3.8, 4) is 0 Å². The Labute approximate surface area is 204 Å². The zero-order valence-electron chi connectivity index (χ0n) is 18.6. The molecule has 0 heterocycles. The second kappa shape index (κ2) is 14.0. The normalized spacial score (nSPS) is 12.6. The molecule has 0 unspecified atom stereocenters. The van der Waals surface area contributed by atoms with Gasteiger partial charge in [0.25, 0.3) is 0 Å². The summed E-state index contributed by atoms with van der Waals surface area (Å²) in [5, 5.41) is 2.69. The molecule has 0 radical (unpaired) electrons. The molecule has 0 aliphatic heterocycles. The minimum Gasteiger partial charge on any atom is -0.464 e. The highest BCUT2D eigenvalue weighted by Gasteiger charge is 2.25. The third-order valence-electron chi connectivity index (χ3n) is 5.02. The number of carbonyl (C=O) groups is 2. The van der Waals surface area contributed by atoms with Crippen LogP contribution in [0.5, 0.6) is 0 Å². The molecule has 0 aliphatic rings. The van der Waals surface area contributed by atoms with Crippen LogP contribution in [-0.2, 0) is 27.2 Å². The average molecular weight is 498 g/mol. The number of esters is 1. The molecule has 0 bridgehead atoms. The molecule has 9 heteroatoms. The number of ether oxygens (including phenoxy) is 1. The van der Waals surface area contributed by atoms with Crippen LogP contribution in [0.2, 0.25) is 0 Å². The van der Waals surface area contributed by atoms with Crippen molar-refractivity contribution in [1.82, 2.24) is 5.32 Å². The van der Waals surface area contributed by atoms with Gasteiger partial charge in [-0.25, -0.2) is 9.18 Å². The lowest BCUT2D eigenvalue weighted by Gasteiger charge is -2.24. The van der Waals surface area contributed by atoms with Crippen LogP contribution < -0.4 is 16.0 Å². The molecule has 0 saturated carbocycles. The predicted octanol–water partition coefficient (Wildman–Crippen LogP) is 3.27. The molecule has 2 aromatic carbocycles. The molecular formula is C24H30Cl2FN3O3. The fourth-order valence-corrected chi connectivity index (χ4v) is 3.78. The summed E-state index contributed by atoms with van der Waals surface area (Å²) >= 11 is 11.8. The topological polar surface area (TPSA) is 84.7 Å². The number of nitrogens with one attached hydrogen (secondary N) is 1. The number of alkyl halides is 2. The van der Waals surface area contributed by atoms with E-state index in [1.54, 1.807) is 19.1 Å². The SMILES string of the molecule is CCOC(=O)[C@H](Cc1ccc(F)cc1)NC(=O)[C@H](N)Cc1cccc(N(CCCl)CCCl)c1. The summed E-state index contributed by atoms with van der Waals surface area (Å²) in [4.78, 5) is 27.2. The number of carbonyl (C=O) groups excluding carboxylic acids is 2. The smallest absolute Gasteiger partial charge is 0.328 e.